The number of carbonyl (C=O) groups is 1. The van der Waals surface area contributed by atoms with Gasteiger partial charge in [-0.2, -0.15) is 0 Å². The topological polar surface area (TPSA) is 41.6 Å². The molecule has 1 unspecified atom stereocenters. The monoisotopic (exact) mass is 332 g/mol. The number of carbonyl (C=O) groups excluding carboxylic acids is 1. The van der Waals surface area contributed by atoms with Gasteiger partial charge in [-0.15, -0.1) is 12.4 Å². The predicted octanol–water partition coefficient (Wildman–Crippen LogP) is 2.45. The Labute approximate surface area is 137 Å². The average molecular weight is 333 g/mol. The molecule has 0 aliphatic carbocycles. The van der Waals surface area contributed by atoms with Gasteiger partial charge in [0.05, 0.1) is 6.54 Å². The maximum absolute atomic E-state index is 12.2. The van der Waals surface area contributed by atoms with Crippen LogP contribution in [0.4, 0.5) is 0 Å². The molecule has 0 bridgehead atoms. The first-order valence-corrected chi connectivity index (χ1v) is 7.30. The summed E-state index contributed by atoms with van der Waals surface area (Å²) in [5.74, 6) is 1.52. The lowest BCUT2D eigenvalue weighted by Crippen LogP contribution is -2.50. The molecule has 21 heavy (non-hydrogen) atoms. The van der Waals surface area contributed by atoms with Gasteiger partial charge in [0.2, 0.25) is 5.91 Å². The number of ether oxygens (including phenoxy) is 1. The van der Waals surface area contributed by atoms with Crippen molar-refractivity contribution in [3.05, 3.63) is 29.3 Å². The molecular weight excluding hydrogens is 311 g/mol. The predicted molar refractivity (Wildman–Crippen MR) is 87.4 cm³/mol. The van der Waals surface area contributed by atoms with Crippen molar-refractivity contribution in [2.45, 2.75) is 6.92 Å². The molecule has 1 aliphatic heterocycles. The number of nitrogens with zero attached hydrogens (tertiary/aromatic N) is 1. The molecule has 6 heteroatoms. The number of likely N-dealkylation sites (N-methyl/N-ethyl adjacent to an activating group) is 1. The first kappa shape index (κ1) is 18.1. The van der Waals surface area contributed by atoms with Gasteiger partial charge in [0.25, 0.3) is 0 Å². The summed E-state index contributed by atoms with van der Waals surface area (Å²) in [6, 6.07) is 7.23. The number of hydrogen-bond donors (Lipinski definition) is 1. The van der Waals surface area contributed by atoms with Gasteiger partial charge in [0.15, 0.2) is 0 Å². The second-order valence-corrected chi connectivity index (χ2v) is 5.71. The molecule has 0 saturated carbocycles. The summed E-state index contributed by atoms with van der Waals surface area (Å²) in [6.07, 6.45) is 0. The van der Waals surface area contributed by atoms with Crippen molar-refractivity contribution in [2.24, 2.45) is 11.8 Å². The molecule has 1 amide bonds. The van der Waals surface area contributed by atoms with E-state index in [2.05, 4.69) is 5.32 Å². The first-order chi connectivity index (χ1) is 9.58. The first-order valence-electron chi connectivity index (χ1n) is 6.92. The Hall–Kier alpha value is -0.970. The number of halogens is 2. The third-order valence-electron chi connectivity index (χ3n) is 3.79. The normalized spacial score (nSPS) is 15.6. The van der Waals surface area contributed by atoms with Crippen molar-refractivity contribution in [3.63, 3.8) is 0 Å². The van der Waals surface area contributed by atoms with Crippen molar-refractivity contribution in [1.29, 1.82) is 0 Å². The summed E-state index contributed by atoms with van der Waals surface area (Å²) in [7, 11) is 1.83. The Bertz CT molecular complexity index is 449. The van der Waals surface area contributed by atoms with Gasteiger partial charge < -0.3 is 15.0 Å². The molecule has 0 radical (unpaired) electrons. The Morgan fingerprint density at radius 3 is 2.57 bits per heavy atom. The van der Waals surface area contributed by atoms with E-state index in [9.17, 15) is 4.79 Å². The fourth-order valence-corrected chi connectivity index (χ4v) is 2.28. The summed E-state index contributed by atoms with van der Waals surface area (Å²) in [5.41, 5.74) is 0. The average Bonchev–Trinajstić information content (AvgIpc) is 2.38. The van der Waals surface area contributed by atoms with Gasteiger partial charge in [0.1, 0.15) is 12.4 Å². The Morgan fingerprint density at radius 1 is 1.43 bits per heavy atom. The van der Waals surface area contributed by atoms with Crippen LogP contribution in [0.1, 0.15) is 6.92 Å². The number of benzene rings is 1. The highest BCUT2D eigenvalue weighted by Gasteiger charge is 2.30. The molecule has 1 aromatic carbocycles. The number of nitrogens with one attached hydrogen (secondary N) is 1. The minimum atomic E-state index is 0. The number of rotatable bonds is 6. The number of amides is 1. The van der Waals surface area contributed by atoms with Crippen LogP contribution in [0.15, 0.2) is 24.3 Å². The van der Waals surface area contributed by atoms with E-state index in [0.29, 0.717) is 24.1 Å². The van der Waals surface area contributed by atoms with Crippen LogP contribution in [-0.2, 0) is 4.79 Å². The number of hydrogen-bond acceptors (Lipinski definition) is 3. The molecule has 0 spiro atoms. The Balaban J connectivity index is 0.00000220. The lowest BCUT2D eigenvalue weighted by atomic mass is 9.88. The zero-order valence-corrected chi connectivity index (χ0v) is 13.9. The van der Waals surface area contributed by atoms with Gasteiger partial charge in [-0.3, -0.25) is 4.79 Å². The van der Waals surface area contributed by atoms with E-state index >= 15 is 0 Å². The zero-order chi connectivity index (χ0) is 14.5. The van der Waals surface area contributed by atoms with E-state index in [1.54, 1.807) is 17.0 Å². The van der Waals surface area contributed by atoms with Crippen LogP contribution in [0.5, 0.6) is 5.75 Å². The van der Waals surface area contributed by atoms with Crippen molar-refractivity contribution >= 4 is 29.9 Å². The van der Waals surface area contributed by atoms with E-state index in [1.165, 1.54) is 0 Å². The molecule has 118 valence electrons. The standard InChI is InChI=1S/C15H21ClN2O2.ClH/c1-11(12-9-17-10-12)15(19)18(2)7-8-20-14-5-3-13(16)4-6-14;/h3-6,11-12,17H,7-10H2,1-2H3;1H. The van der Waals surface area contributed by atoms with E-state index in [0.717, 1.165) is 18.8 Å². The van der Waals surface area contributed by atoms with Crippen molar-refractivity contribution in [3.8, 4) is 5.75 Å². The lowest BCUT2D eigenvalue weighted by Gasteiger charge is -2.33. The van der Waals surface area contributed by atoms with Crippen LogP contribution in [0.2, 0.25) is 5.02 Å². The third-order valence-corrected chi connectivity index (χ3v) is 4.05. The van der Waals surface area contributed by atoms with E-state index in [-0.39, 0.29) is 24.2 Å². The van der Waals surface area contributed by atoms with Crippen LogP contribution in [0.25, 0.3) is 0 Å². The highest BCUT2D eigenvalue weighted by atomic mass is 35.5. The summed E-state index contributed by atoms with van der Waals surface area (Å²) >= 11 is 5.81. The molecule has 1 aliphatic rings. The van der Waals surface area contributed by atoms with Crippen LogP contribution in [0, 0.1) is 11.8 Å². The van der Waals surface area contributed by atoms with Crippen molar-refractivity contribution in [1.82, 2.24) is 10.2 Å². The molecule has 0 aromatic heterocycles. The molecule has 1 fully saturated rings. The van der Waals surface area contributed by atoms with Crippen LogP contribution in [-0.4, -0.2) is 44.1 Å². The maximum Gasteiger partial charge on any atom is 0.225 e. The fraction of sp³-hybridized carbons (Fsp3) is 0.533. The molecule has 2 rings (SSSR count). The molecular formula is C15H22Cl2N2O2. The van der Waals surface area contributed by atoms with Gasteiger partial charge >= 0.3 is 0 Å². The second-order valence-electron chi connectivity index (χ2n) is 5.27. The molecule has 1 aromatic rings. The summed E-state index contributed by atoms with van der Waals surface area (Å²) < 4.78 is 5.60. The van der Waals surface area contributed by atoms with Gasteiger partial charge in [-0.1, -0.05) is 18.5 Å². The molecule has 1 saturated heterocycles. The SMILES string of the molecule is CC(C(=O)N(C)CCOc1ccc(Cl)cc1)C1CNC1.Cl. The van der Waals surface area contributed by atoms with E-state index in [1.807, 2.05) is 26.1 Å². The Morgan fingerprint density at radius 2 is 2.05 bits per heavy atom. The second kappa shape index (κ2) is 8.47. The van der Waals surface area contributed by atoms with Crippen LogP contribution < -0.4 is 10.1 Å². The third kappa shape index (κ3) is 5.06. The summed E-state index contributed by atoms with van der Waals surface area (Å²) in [4.78, 5) is 13.9. The highest BCUT2D eigenvalue weighted by molar-refractivity contribution is 6.30. The summed E-state index contributed by atoms with van der Waals surface area (Å²) in [6.45, 7) is 4.97. The smallest absolute Gasteiger partial charge is 0.225 e. The zero-order valence-electron chi connectivity index (χ0n) is 12.3. The molecule has 1 atom stereocenters. The largest absolute Gasteiger partial charge is 0.492 e. The Kier molecular flexibility index (Phi) is 7.29. The van der Waals surface area contributed by atoms with Crippen molar-refractivity contribution in [2.75, 3.05) is 33.3 Å². The minimum absolute atomic E-state index is 0. The quantitative estimate of drug-likeness (QED) is 0.870. The maximum atomic E-state index is 12.2. The molecule has 1 heterocycles. The van der Waals surface area contributed by atoms with Gasteiger partial charge in [-0.25, -0.2) is 0 Å². The van der Waals surface area contributed by atoms with Gasteiger partial charge in [-0.05, 0) is 43.3 Å². The van der Waals surface area contributed by atoms with Crippen LogP contribution >= 0.6 is 24.0 Å². The van der Waals surface area contributed by atoms with Crippen molar-refractivity contribution < 1.29 is 9.53 Å². The molecule has 1 N–H and O–H groups in total. The van der Waals surface area contributed by atoms with Gasteiger partial charge in [0, 0.05) is 18.0 Å². The lowest BCUT2D eigenvalue weighted by molar-refractivity contribution is -0.136. The summed E-state index contributed by atoms with van der Waals surface area (Å²) in [5, 5.41) is 3.89. The van der Waals surface area contributed by atoms with E-state index in [4.69, 9.17) is 16.3 Å². The minimum Gasteiger partial charge on any atom is -0.492 e. The fourth-order valence-electron chi connectivity index (χ4n) is 2.16. The molecule has 4 nitrogen and oxygen atoms in total. The van der Waals surface area contributed by atoms with E-state index < -0.39 is 0 Å². The van der Waals surface area contributed by atoms with Crippen LogP contribution in [0.3, 0.4) is 0 Å². The highest BCUT2D eigenvalue weighted by Crippen LogP contribution is 2.18.